The molecule has 2 N–H and O–H groups in total. The van der Waals surface area contributed by atoms with Crippen molar-refractivity contribution in [2.75, 3.05) is 7.11 Å². The van der Waals surface area contributed by atoms with E-state index >= 15 is 0 Å². The van der Waals surface area contributed by atoms with E-state index in [-0.39, 0.29) is 5.59 Å². The molecule has 2 aromatic rings. The number of carbonyl (C=O) groups excluding carboxylic acids is 1. The molecule has 0 aromatic heterocycles. The minimum Gasteiger partial charge on any atom is -0.472 e. The Morgan fingerprint density at radius 2 is 1.65 bits per heavy atom. The van der Waals surface area contributed by atoms with Gasteiger partial charge in [0.1, 0.15) is 0 Å². The lowest BCUT2D eigenvalue weighted by molar-refractivity contribution is 0.00578. The van der Waals surface area contributed by atoms with Gasteiger partial charge < -0.3 is 19.4 Å². The standard InChI is InChI=1S/C19H25BNO4Si/c1-18(2)19(3,4)25-20(24-18)16-11-7-9-14-13(8-6-10-15(14)16)12-26(21)17(22)23-5/h6-11H,12,21H2,1-5H3. The van der Waals surface area contributed by atoms with Crippen molar-refractivity contribution < 1.29 is 18.8 Å². The highest BCUT2D eigenvalue weighted by atomic mass is 28.3. The Morgan fingerprint density at radius 1 is 1.08 bits per heavy atom. The van der Waals surface area contributed by atoms with E-state index in [0.29, 0.717) is 6.04 Å². The third-order valence-electron chi connectivity index (χ3n) is 5.38. The van der Waals surface area contributed by atoms with Crippen LogP contribution >= 0.6 is 0 Å². The smallest absolute Gasteiger partial charge is 0.472 e. The summed E-state index contributed by atoms with van der Waals surface area (Å²) in [7, 11) is -0.807. The lowest BCUT2D eigenvalue weighted by Crippen LogP contribution is -2.41. The van der Waals surface area contributed by atoms with Crippen LogP contribution < -0.4 is 10.9 Å². The molecule has 1 saturated heterocycles. The second kappa shape index (κ2) is 6.81. The zero-order chi connectivity index (χ0) is 19.1. The number of ether oxygens (including phenoxy) is 1. The van der Waals surface area contributed by atoms with Crippen LogP contribution in [0.5, 0.6) is 0 Å². The summed E-state index contributed by atoms with van der Waals surface area (Å²) in [6.07, 6.45) is 0. The molecule has 0 spiro atoms. The predicted molar refractivity (Wildman–Crippen MR) is 106 cm³/mol. The fourth-order valence-electron chi connectivity index (χ4n) is 3.14. The van der Waals surface area contributed by atoms with Crippen LogP contribution in [0.25, 0.3) is 10.8 Å². The van der Waals surface area contributed by atoms with E-state index in [1.807, 2.05) is 58.0 Å². The minimum atomic E-state index is -1.75. The first-order chi connectivity index (χ1) is 12.2. The van der Waals surface area contributed by atoms with E-state index in [2.05, 4.69) is 6.07 Å². The molecule has 0 unspecified atom stereocenters. The molecule has 5 nitrogen and oxygen atoms in total. The summed E-state index contributed by atoms with van der Waals surface area (Å²) in [5.74, 6) is 0. The first kappa shape index (κ1) is 19.1. The average Bonchev–Trinajstić information content (AvgIpc) is 2.81. The highest BCUT2D eigenvalue weighted by molar-refractivity contribution is 6.85. The maximum absolute atomic E-state index is 11.7. The highest BCUT2D eigenvalue weighted by Crippen LogP contribution is 2.37. The van der Waals surface area contributed by atoms with Crippen molar-refractivity contribution >= 4 is 37.9 Å². The van der Waals surface area contributed by atoms with Crippen LogP contribution in [0.15, 0.2) is 36.4 Å². The van der Waals surface area contributed by atoms with Crippen molar-refractivity contribution in [3.05, 3.63) is 42.0 Å². The fraction of sp³-hybridized carbons (Fsp3) is 0.421. The molecule has 1 radical (unpaired) electrons. The highest BCUT2D eigenvalue weighted by Gasteiger charge is 2.52. The van der Waals surface area contributed by atoms with Gasteiger partial charge in [0.15, 0.2) is 0 Å². The number of fused-ring (bicyclic) bond motifs is 1. The van der Waals surface area contributed by atoms with Crippen LogP contribution in [0, 0.1) is 0 Å². The third-order valence-corrected chi connectivity index (χ3v) is 6.87. The van der Waals surface area contributed by atoms with Crippen LogP contribution in [-0.4, -0.2) is 40.0 Å². The first-order valence-corrected chi connectivity index (χ1v) is 10.5. The van der Waals surface area contributed by atoms with Crippen molar-refractivity contribution in [2.24, 2.45) is 5.40 Å². The van der Waals surface area contributed by atoms with E-state index in [0.717, 1.165) is 21.8 Å². The molecule has 0 bridgehead atoms. The Morgan fingerprint density at radius 3 is 2.27 bits per heavy atom. The molecular weight excluding hydrogens is 345 g/mol. The number of methoxy groups -OCH3 is 1. The Hall–Kier alpha value is -1.67. The molecule has 0 aliphatic carbocycles. The Labute approximate surface area is 156 Å². The van der Waals surface area contributed by atoms with Crippen molar-refractivity contribution in [3.63, 3.8) is 0 Å². The molecule has 7 heteroatoms. The maximum atomic E-state index is 11.7. The van der Waals surface area contributed by atoms with Crippen molar-refractivity contribution in [3.8, 4) is 0 Å². The van der Waals surface area contributed by atoms with Gasteiger partial charge in [0.05, 0.1) is 18.3 Å². The van der Waals surface area contributed by atoms with Crippen LogP contribution in [0.4, 0.5) is 4.79 Å². The molecule has 1 heterocycles. The number of carbonyl (C=O) groups is 1. The molecule has 137 valence electrons. The lowest BCUT2D eigenvalue weighted by atomic mass is 9.76. The summed E-state index contributed by atoms with van der Waals surface area (Å²) in [4.78, 5) is 11.7. The number of nitrogens with two attached hydrogens (primary N) is 1. The van der Waals surface area contributed by atoms with Crippen molar-refractivity contribution in [2.45, 2.75) is 44.9 Å². The topological polar surface area (TPSA) is 70.8 Å². The molecule has 0 saturated carbocycles. The molecular formula is C19H25BNO4Si. The van der Waals surface area contributed by atoms with E-state index in [9.17, 15) is 4.79 Å². The van der Waals surface area contributed by atoms with Gasteiger partial charge in [-0.25, -0.2) is 0 Å². The second-order valence-electron chi connectivity index (χ2n) is 7.64. The van der Waals surface area contributed by atoms with Gasteiger partial charge in [-0.05, 0) is 55.5 Å². The van der Waals surface area contributed by atoms with Crippen LogP contribution in [0.3, 0.4) is 0 Å². The predicted octanol–water partition coefficient (Wildman–Crippen LogP) is 2.52. The van der Waals surface area contributed by atoms with Gasteiger partial charge >= 0.3 is 7.12 Å². The SMILES string of the molecule is COC(=O)[Si](N)Cc1cccc2c(B3OC(C)(C)C(C)(C)O3)cccc12. The van der Waals surface area contributed by atoms with Crippen molar-refractivity contribution in [1.82, 2.24) is 0 Å². The molecule has 1 aliphatic rings. The fourth-order valence-corrected chi connectivity index (χ4v) is 4.26. The van der Waals surface area contributed by atoms with E-state index < -0.39 is 27.3 Å². The van der Waals surface area contributed by atoms with E-state index in [1.54, 1.807) is 0 Å². The normalized spacial score (nSPS) is 18.5. The summed E-state index contributed by atoms with van der Waals surface area (Å²) in [5.41, 5.74) is 0.939. The van der Waals surface area contributed by atoms with Crippen LogP contribution in [-0.2, 0) is 20.1 Å². The van der Waals surface area contributed by atoms with Gasteiger partial charge in [0.2, 0.25) is 0 Å². The molecule has 2 aromatic carbocycles. The van der Waals surface area contributed by atoms with Crippen LogP contribution in [0.1, 0.15) is 33.3 Å². The van der Waals surface area contributed by atoms with Gasteiger partial charge in [-0.1, -0.05) is 36.4 Å². The summed E-state index contributed by atoms with van der Waals surface area (Å²) in [5, 5.41) is 8.18. The number of hydrogen-bond donors (Lipinski definition) is 1. The minimum absolute atomic E-state index is 0.311. The lowest BCUT2D eigenvalue weighted by Gasteiger charge is -2.32. The summed E-state index contributed by atoms with van der Waals surface area (Å²) < 4.78 is 17.2. The molecule has 0 amide bonds. The van der Waals surface area contributed by atoms with Crippen molar-refractivity contribution in [1.29, 1.82) is 0 Å². The molecule has 0 atom stereocenters. The average molecular weight is 370 g/mol. The quantitative estimate of drug-likeness (QED) is 0.838. The van der Waals surface area contributed by atoms with Gasteiger partial charge in [-0.2, -0.15) is 0 Å². The monoisotopic (exact) mass is 370 g/mol. The van der Waals surface area contributed by atoms with E-state index in [1.165, 1.54) is 7.11 Å². The zero-order valence-corrected chi connectivity index (χ0v) is 17.0. The van der Waals surface area contributed by atoms with E-state index in [4.69, 9.17) is 19.4 Å². The second-order valence-corrected chi connectivity index (χ2v) is 9.45. The summed E-state index contributed by atoms with van der Waals surface area (Å²) in [6.45, 7) is 8.18. The molecule has 26 heavy (non-hydrogen) atoms. The Bertz CT molecular complexity index is 823. The molecule has 1 aliphatic heterocycles. The van der Waals surface area contributed by atoms with Gasteiger partial charge in [-0.3, -0.25) is 4.79 Å². The maximum Gasteiger partial charge on any atom is 0.495 e. The number of benzene rings is 2. The number of hydrogen-bond acceptors (Lipinski definition) is 5. The van der Waals surface area contributed by atoms with Gasteiger partial charge in [0, 0.05) is 0 Å². The molecule has 1 fully saturated rings. The Balaban J connectivity index is 2.00. The number of rotatable bonds is 4. The summed E-state index contributed by atoms with van der Waals surface area (Å²) in [6, 6.07) is 12.6. The largest absolute Gasteiger partial charge is 0.495 e. The third kappa shape index (κ3) is 3.32. The summed E-state index contributed by atoms with van der Waals surface area (Å²) >= 11 is 0. The molecule has 3 rings (SSSR count). The Kier molecular flexibility index (Phi) is 5.00. The first-order valence-electron chi connectivity index (χ1n) is 8.72. The zero-order valence-electron chi connectivity index (χ0n) is 16.0. The van der Waals surface area contributed by atoms with Crippen LogP contribution in [0.2, 0.25) is 0 Å². The van der Waals surface area contributed by atoms with Gasteiger partial charge in [-0.15, -0.1) is 0 Å². The van der Waals surface area contributed by atoms with Gasteiger partial charge in [0.25, 0.3) is 14.6 Å².